The maximum Gasteiger partial charge on any atom is 0.246 e. The third-order valence-corrected chi connectivity index (χ3v) is 4.75. The lowest BCUT2D eigenvalue weighted by atomic mass is 10.1. The Kier molecular flexibility index (Phi) is 6.61. The predicted octanol–water partition coefficient (Wildman–Crippen LogP) is 2.04. The zero-order valence-corrected chi connectivity index (χ0v) is 15.7. The molecule has 0 bridgehead atoms. The van der Waals surface area contributed by atoms with E-state index in [0.717, 1.165) is 45.0 Å². The molecule has 4 rings (SSSR count). The number of rotatable bonds is 4. The molecule has 0 amide bonds. The maximum absolute atomic E-state index is 5.64. The van der Waals surface area contributed by atoms with Gasteiger partial charge < -0.3 is 19.3 Å². The number of benzene rings is 1. The van der Waals surface area contributed by atoms with Crippen molar-refractivity contribution in [2.45, 2.75) is 25.6 Å². The zero-order chi connectivity index (χ0) is 17.1. The Morgan fingerprint density at radius 3 is 2.65 bits per heavy atom. The fourth-order valence-corrected chi connectivity index (χ4v) is 3.27. The van der Waals surface area contributed by atoms with Crippen molar-refractivity contribution in [1.29, 1.82) is 0 Å². The van der Waals surface area contributed by atoms with Crippen molar-refractivity contribution in [2.75, 3.05) is 39.5 Å². The minimum Gasteiger partial charge on any atom is -0.379 e. The summed E-state index contributed by atoms with van der Waals surface area (Å²) in [5, 5.41) is 7.50. The molecular weight excluding hydrogens is 356 g/mol. The molecule has 1 N–H and O–H groups in total. The monoisotopic (exact) mass is 380 g/mol. The first-order valence-electron chi connectivity index (χ1n) is 8.87. The first-order chi connectivity index (χ1) is 12.3. The topological polar surface area (TPSA) is 72.7 Å². The maximum atomic E-state index is 5.64. The number of nitrogens with zero attached hydrogens (tertiary/aromatic N) is 3. The molecule has 8 heteroatoms. The summed E-state index contributed by atoms with van der Waals surface area (Å²) in [6.07, 6.45) is 0.0259. The average molecular weight is 381 g/mol. The van der Waals surface area contributed by atoms with E-state index in [4.69, 9.17) is 14.0 Å². The number of hydrogen-bond donors (Lipinski definition) is 1. The molecule has 2 aliphatic heterocycles. The second-order valence-electron chi connectivity index (χ2n) is 6.55. The van der Waals surface area contributed by atoms with Crippen molar-refractivity contribution in [3.63, 3.8) is 0 Å². The first kappa shape index (κ1) is 19.3. The van der Waals surface area contributed by atoms with Gasteiger partial charge in [-0.2, -0.15) is 4.98 Å². The minimum atomic E-state index is -0.0457. The van der Waals surface area contributed by atoms with E-state index in [1.807, 2.05) is 6.92 Å². The lowest BCUT2D eigenvalue weighted by molar-refractivity contribution is -0.00136. The first-order valence-corrected chi connectivity index (χ1v) is 8.87. The van der Waals surface area contributed by atoms with Gasteiger partial charge in [-0.15, -0.1) is 12.4 Å². The molecule has 2 aromatic rings. The molecule has 1 aromatic carbocycles. The zero-order valence-electron chi connectivity index (χ0n) is 14.9. The van der Waals surface area contributed by atoms with Gasteiger partial charge in [0.25, 0.3) is 0 Å². The number of hydrogen-bond acceptors (Lipinski definition) is 7. The number of aromatic nitrogens is 2. The van der Waals surface area contributed by atoms with Crippen LogP contribution in [0.5, 0.6) is 0 Å². The molecule has 1 aromatic heterocycles. The highest BCUT2D eigenvalue weighted by Crippen LogP contribution is 2.24. The summed E-state index contributed by atoms with van der Waals surface area (Å²) in [6, 6.07) is 8.32. The molecule has 26 heavy (non-hydrogen) atoms. The SMILES string of the molecule is C[C@H]1OCCN[C@@H]1c1nc(-c2ccc(CN3CCOCC3)cc2)no1.Cl. The number of nitrogens with one attached hydrogen (secondary N) is 1. The fourth-order valence-electron chi connectivity index (χ4n) is 3.27. The quantitative estimate of drug-likeness (QED) is 0.870. The minimum absolute atomic E-state index is 0. The Bertz CT molecular complexity index is 688. The van der Waals surface area contributed by atoms with E-state index >= 15 is 0 Å². The lowest BCUT2D eigenvalue weighted by Crippen LogP contribution is -2.40. The van der Waals surface area contributed by atoms with Crippen LogP contribution in [0.15, 0.2) is 28.8 Å². The van der Waals surface area contributed by atoms with Crippen molar-refractivity contribution in [2.24, 2.45) is 0 Å². The van der Waals surface area contributed by atoms with Crippen LogP contribution in [0.3, 0.4) is 0 Å². The van der Waals surface area contributed by atoms with Gasteiger partial charge in [0.1, 0.15) is 6.04 Å². The molecule has 2 fully saturated rings. The van der Waals surface area contributed by atoms with Gasteiger partial charge in [0, 0.05) is 31.7 Å². The van der Waals surface area contributed by atoms with Crippen LogP contribution in [-0.2, 0) is 16.0 Å². The van der Waals surface area contributed by atoms with E-state index < -0.39 is 0 Å². The predicted molar refractivity (Wildman–Crippen MR) is 99.2 cm³/mol. The van der Waals surface area contributed by atoms with Crippen LogP contribution in [-0.4, -0.2) is 60.6 Å². The third kappa shape index (κ3) is 4.42. The van der Waals surface area contributed by atoms with E-state index in [0.29, 0.717) is 18.3 Å². The van der Waals surface area contributed by atoms with E-state index in [2.05, 4.69) is 44.6 Å². The molecule has 0 aliphatic carbocycles. The summed E-state index contributed by atoms with van der Waals surface area (Å²) in [4.78, 5) is 6.96. The van der Waals surface area contributed by atoms with Crippen molar-refractivity contribution < 1.29 is 14.0 Å². The van der Waals surface area contributed by atoms with Crippen LogP contribution in [0, 0.1) is 0 Å². The van der Waals surface area contributed by atoms with Crippen LogP contribution in [0.4, 0.5) is 0 Å². The lowest BCUT2D eigenvalue weighted by Gasteiger charge is -2.27. The summed E-state index contributed by atoms with van der Waals surface area (Å²) in [6.45, 7) is 8.09. The van der Waals surface area contributed by atoms with Crippen molar-refractivity contribution in [3.05, 3.63) is 35.7 Å². The Labute approximate surface area is 159 Å². The summed E-state index contributed by atoms with van der Waals surface area (Å²) in [5.41, 5.74) is 2.25. The van der Waals surface area contributed by atoms with Gasteiger partial charge in [-0.25, -0.2) is 0 Å². The van der Waals surface area contributed by atoms with Crippen LogP contribution in [0.2, 0.25) is 0 Å². The Morgan fingerprint density at radius 2 is 1.92 bits per heavy atom. The van der Waals surface area contributed by atoms with E-state index in [1.165, 1.54) is 5.56 Å². The molecular formula is C18H25ClN4O3. The Morgan fingerprint density at radius 1 is 1.15 bits per heavy atom. The summed E-state index contributed by atoms with van der Waals surface area (Å²) in [7, 11) is 0. The number of ether oxygens (including phenoxy) is 2. The molecule has 0 saturated carbocycles. The highest BCUT2D eigenvalue weighted by Gasteiger charge is 2.28. The third-order valence-electron chi connectivity index (χ3n) is 4.75. The molecule has 3 heterocycles. The Balaban J connectivity index is 0.00000196. The molecule has 7 nitrogen and oxygen atoms in total. The van der Waals surface area contributed by atoms with Crippen molar-refractivity contribution in [1.82, 2.24) is 20.4 Å². The van der Waals surface area contributed by atoms with E-state index in [1.54, 1.807) is 0 Å². The van der Waals surface area contributed by atoms with Gasteiger partial charge in [-0.3, -0.25) is 4.90 Å². The second-order valence-corrected chi connectivity index (χ2v) is 6.55. The van der Waals surface area contributed by atoms with Crippen LogP contribution < -0.4 is 5.32 Å². The van der Waals surface area contributed by atoms with Crippen LogP contribution in [0.1, 0.15) is 24.4 Å². The van der Waals surface area contributed by atoms with Gasteiger partial charge in [-0.1, -0.05) is 29.4 Å². The fraction of sp³-hybridized carbons (Fsp3) is 0.556. The molecule has 2 aliphatic rings. The standard InChI is InChI=1S/C18H24N4O3.ClH/c1-13-16(19-6-9-24-13)18-20-17(21-25-18)15-4-2-14(3-5-15)12-22-7-10-23-11-8-22;/h2-5,13,16,19H,6-12H2,1H3;1H/t13-,16+;/m1./s1. The highest BCUT2D eigenvalue weighted by atomic mass is 35.5. The summed E-state index contributed by atoms with van der Waals surface area (Å²) < 4.78 is 16.5. The van der Waals surface area contributed by atoms with Gasteiger partial charge in [0.15, 0.2) is 0 Å². The molecule has 0 unspecified atom stereocenters. The van der Waals surface area contributed by atoms with Crippen LogP contribution in [0.25, 0.3) is 11.4 Å². The normalized spacial score (nSPS) is 24.2. The molecule has 2 saturated heterocycles. The van der Waals surface area contributed by atoms with Crippen molar-refractivity contribution >= 4 is 12.4 Å². The molecule has 0 radical (unpaired) electrons. The largest absolute Gasteiger partial charge is 0.379 e. The second kappa shape index (κ2) is 8.92. The molecule has 0 spiro atoms. The Hall–Kier alpha value is -1.51. The average Bonchev–Trinajstić information content (AvgIpc) is 3.13. The number of morpholine rings is 2. The van der Waals surface area contributed by atoms with Gasteiger partial charge in [0.2, 0.25) is 11.7 Å². The van der Waals surface area contributed by atoms with Gasteiger partial charge in [0.05, 0.1) is 25.9 Å². The van der Waals surface area contributed by atoms with E-state index in [-0.39, 0.29) is 24.6 Å². The number of halogens is 1. The molecule has 142 valence electrons. The summed E-state index contributed by atoms with van der Waals surface area (Å²) in [5.74, 6) is 1.20. The van der Waals surface area contributed by atoms with Crippen molar-refractivity contribution in [3.8, 4) is 11.4 Å². The summed E-state index contributed by atoms with van der Waals surface area (Å²) >= 11 is 0. The smallest absolute Gasteiger partial charge is 0.246 e. The van der Waals surface area contributed by atoms with E-state index in [9.17, 15) is 0 Å². The van der Waals surface area contributed by atoms with Gasteiger partial charge in [-0.05, 0) is 12.5 Å². The van der Waals surface area contributed by atoms with Gasteiger partial charge >= 0.3 is 0 Å². The molecule has 2 atom stereocenters. The van der Waals surface area contributed by atoms with Crippen LogP contribution >= 0.6 is 12.4 Å². The highest BCUT2D eigenvalue weighted by molar-refractivity contribution is 5.85.